The highest BCUT2D eigenvalue weighted by Gasteiger charge is 2.31. The number of para-hydroxylation sites is 1. The summed E-state index contributed by atoms with van der Waals surface area (Å²) in [4.78, 5) is 0. The van der Waals surface area contributed by atoms with Crippen molar-refractivity contribution >= 4 is 0 Å². The van der Waals surface area contributed by atoms with Gasteiger partial charge in [0, 0.05) is 5.56 Å². The Morgan fingerprint density at radius 2 is 1.59 bits per heavy atom. The topological polar surface area (TPSA) is 18.5 Å². The fraction of sp³-hybridized carbons (Fsp3) is 0.200. The van der Waals surface area contributed by atoms with Crippen molar-refractivity contribution < 1.29 is 31.4 Å². The van der Waals surface area contributed by atoms with Crippen molar-refractivity contribution in [3.63, 3.8) is 0 Å². The molecule has 0 N–H and O–H groups in total. The summed E-state index contributed by atoms with van der Waals surface area (Å²) >= 11 is 0. The van der Waals surface area contributed by atoms with Crippen LogP contribution in [0.15, 0.2) is 42.5 Å². The Labute approximate surface area is 123 Å². The third-order valence-electron chi connectivity index (χ3n) is 2.88. The summed E-state index contributed by atoms with van der Waals surface area (Å²) in [6.07, 6.45) is -7.50. The summed E-state index contributed by atoms with van der Waals surface area (Å²) in [5.41, 5.74) is 0.517. The molecule has 0 heterocycles. The fourth-order valence-electron chi connectivity index (χ4n) is 2.02. The molecule has 0 aliphatic heterocycles. The van der Waals surface area contributed by atoms with Gasteiger partial charge in [0.2, 0.25) is 0 Å². The lowest BCUT2D eigenvalue weighted by molar-refractivity contribution is -0.274. The van der Waals surface area contributed by atoms with Gasteiger partial charge < -0.3 is 9.47 Å². The minimum atomic E-state index is -4.78. The maximum absolute atomic E-state index is 12.9. The molecule has 0 saturated carbocycles. The van der Waals surface area contributed by atoms with Crippen LogP contribution in [0.25, 0.3) is 11.1 Å². The number of ether oxygens (including phenoxy) is 2. The zero-order chi connectivity index (χ0) is 16.3. The lowest BCUT2D eigenvalue weighted by Crippen LogP contribution is -2.16. The molecule has 2 aromatic carbocycles. The Bertz CT molecular complexity index is 635. The van der Waals surface area contributed by atoms with Crippen molar-refractivity contribution in [2.24, 2.45) is 0 Å². The average molecular weight is 318 g/mol. The summed E-state index contributed by atoms with van der Waals surface area (Å²) in [6.45, 7) is 0. The highest BCUT2D eigenvalue weighted by atomic mass is 19.4. The largest absolute Gasteiger partial charge is 0.573 e. The highest BCUT2D eigenvalue weighted by Crippen LogP contribution is 2.38. The Morgan fingerprint density at radius 1 is 0.955 bits per heavy atom. The second kappa shape index (κ2) is 6.21. The molecule has 0 amide bonds. The average Bonchev–Trinajstić information content (AvgIpc) is 2.45. The molecule has 0 unspecified atom stereocenters. The zero-order valence-corrected chi connectivity index (χ0v) is 11.3. The predicted molar refractivity (Wildman–Crippen MR) is 70.1 cm³/mol. The van der Waals surface area contributed by atoms with Crippen LogP contribution in [-0.2, 0) is 0 Å². The summed E-state index contributed by atoms with van der Waals surface area (Å²) in [5, 5.41) is 0. The quantitative estimate of drug-likeness (QED) is 0.722. The Morgan fingerprint density at radius 3 is 2.09 bits per heavy atom. The molecule has 0 radical (unpaired) electrons. The lowest BCUT2D eigenvalue weighted by Gasteiger charge is -2.14. The molecule has 7 heteroatoms. The number of hydrogen-bond donors (Lipinski definition) is 0. The van der Waals surface area contributed by atoms with Crippen molar-refractivity contribution in [2.45, 2.75) is 12.8 Å². The number of alkyl halides is 5. The molecule has 2 aromatic rings. The minimum absolute atomic E-state index is 0.0120. The Hall–Kier alpha value is -2.31. The minimum Gasteiger partial charge on any atom is -0.496 e. The monoisotopic (exact) mass is 318 g/mol. The summed E-state index contributed by atoms with van der Waals surface area (Å²) in [6, 6.07) is 9.11. The van der Waals surface area contributed by atoms with E-state index in [0.717, 1.165) is 12.1 Å². The third kappa shape index (κ3) is 3.66. The van der Waals surface area contributed by atoms with Gasteiger partial charge in [-0.05, 0) is 23.8 Å². The van der Waals surface area contributed by atoms with Gasteiger partial charge in [0.1, 0.15) is 11.5 Å². The van der Waals surface area contributed by atoms with Gasteiger partial charge in [-0.15, -0.1) is 13.2 Å². The summed E-state index contributed by atoms with van der Waals surface area (Å²) in [5.74, 6) is -0.401. The predicted octanol–water partition coefficient (Wildman–Crippen LogP) is 5.20. The maximum atomic E-state index is 12.9. The molecule has 0 aliphatic carbocycles. The van der Waals surface area contributed by atoms with Crippen molar-refractivity contribution in [3.05, 3.63) is 48.0 Å². The van der Waals surface area contributed by atoms with Crippen molar-refractivity contribution in [3.8, 4) is 22.6 Å². The molecule has 0 saturated heterocycles. The van der Waals surface area contributed by atoms with Crippen LogP contribution in [-0.4, -0.2) is 13.5 Å². The molecule has 0 atom stereocenters. The summed E-state index contributed by atoms with van der Waals surface area (Å²) < 4.78 is 70.9. The van der Waals surface area contributed by atoms with Crippen molar-refractivity contribution in [1.29, 1.82) is 0 Å². The van der Waals surface area contributed by atoms with E-state index in [-0.39, 0.29) is 17.1 Å². The van der Waals surface area contributed by atoms with Crippen LogP contribution < -0.4 is 9.47 Å². The van der Waals surface area contributed by atoms with Crippen LogP contribution in [0.3, 0.4) is 0 Å². The van der Waals surface area contributed by atoms with E-state index in [2.05, 4.69) is 4.74 Å². The summed E-state index contributed by atoms with van der Waals surface area (Å²) in [7, 11) is 1.26. The SMILES string of the molecule is COc1c(-c2ccc(OC(F)(F)F)cc2)cccc1C(F)F. The molecule has 0 fully saturated rings. The number of benzene rings is 2. The van der Waals surface area contributed by atoms with Gasteiger partial charge in [0.25, 0.3) is 6.43 Å². The van der Waals surface area contributed by atoms with Crippen LogP contribution in [0.4, 0.5) is 22.0 Å². The van der Waals surface area contributed by atoms with Gasteiger partial charge in [-0.25, -0.2) is 8.78 Å². The van der Waals surface area contributed by atoms with Crippen LogP contribution in [0.5, 0.6) is 11.5 Å². The molecule has 2 rings (SSSR count). The van der Waals surface area contributed by atoms with E-state index in [4.69, 9.17) is 4.74 Å². The van der Waals surface area contributed by atoms with E-state index >= 15 is 0 Å². The molecular weight excluding hydrogens is 307 g/mol. The fourth-order valence-corrected chi connectivity index (χ4v) is 2.02. The first-order valence-electron chi connectivity index (χ1n) is 6.13. The Balaban J connectivity index is 2.38. The standard InChI is InChI=1S/C15H11F5O2/c1-21-13-11(3-2-4-12(13)14(16)17)9-5-7-10(8-6-9)22-15(18,19)20/h2-8,14H,1H3. The van der Waals surface area contributed by atoms with Gasteiger partial charge in [-0.3, -0.25) is 0 Å². The Kier molecular flexibility index (Phi) is 4.54. The first-order chi connectivity index (χ1) is 10.3. The normalized spacial score (nSPS) is 11.6. The van der Waals surface area contributed by atoms with Gasteiger partial charge in [-0.1, -0.05) is 24.3 Å². The molecule has 22 heavy (non-hydrogen) atoms. The molecule has 0 spiro atoms. The van der Waals surface area contributed by atoms with Gasteiger partial charge in [0.15, 0.2) is 0 Å². The zero-order valence-electron chi connectivity index (χ0n) is 11.3. The lowest BCUT2D eigenvalue weighted by atomic mass is 10.0. The highest BCUT2D eigenvalue weighted by molar-refractivity contribution is 5.72. The van der Waals surface area contributed by atoms with Gasteiger partial charge in [-0.2, -0.15) is 0 Å². The van der Waals surface area contributed by atoms with Gasteiger partial charge >= 0.3 is 6.36 Å². The van der Waals surface area contributed by atoms with E-state index in [1.54, 1.807) is 6.07 Å². The molecule has 118 valence electrons. The van der Waals surface area contributed by atoms with Crippen LogP contribution in [0.2, 0.25) is 0 Å². The van der Waals surface area contributed by atoms with Crippen LogP contribution in [0, 0.1) is 0 Å². The number of methoxy groups -OCH3 is 1. The van der Waals surface area contributed by atoms with E-state index in [9.17, 15) is 22.0 Å². The number of halogens is 5. The van der Waals surface area contributed by atoms with E-state index in [0.29, 0.717) is 11.1 Å². The third-order valence-corrected chi connectivity index (χ3v) is 2.88. The molecule has 0 aliphatic rings. The number of rotatable bonds is 4. The first-order valence-corrected chi connectivity index (χ1v) is 6.13. The van der Waals surface area contributed by atoms with Crippen LogP contribution in [0.1, 0.15) is 12.0 Å². The maximum Gasteiger partial charge on any atom is 0.573 e. The van der Waals surface area contributed by atoms with E-state index < -0.39 is 12.8 Å². The molecular formula is C15H11F5O2. The first kappa shape index (κ1) is 16.1. The van der Waals surface area contributed by atoms with E-state index in [1.807, 2.05) is 0 Å². The second-order valence-electron chi connectivity index (χ2n) is 4.30. The van der Waals surface area contributed by atoms with Gasteiger partial charge in [0.05, 0.1) is 12.7 Å². The van der Waals surface area contributed by atoms with Crippen molar-refractivity contribution in [1.82, 2.24) is 0 Å². The molecule has 0 aromatic heterocycles. The smallest absolute Gasteiger partial charge is 0.496 e. The van der Waals surface area contributed by atoms with E-state index in [1.165, 1.54) is 31.4 Å². The van der Waals surface area contributed by atoms with Crippen LogP contribution >= 0.6 is 0 Å². The van der Waals surface area contributed by atoms with Crippen molar-refractivity contribution in [2.75, 3.05) is 7.11 Å². The molecule has 2 nitrogen and oxygen atoms in total. The molecule has 0 bridgehead atoms. The number of hydrogen-bond acceptors (Lipinski definition) is 2. The second-order valence-corrected chi connectivity index (χ2v) is 4.30.